The lowest BCUT2D eigenvalue weighted by atomic mass is 10.1. The summed E-state index contributed by atoms with van der Waals surface area (Å²) in [5.41, 5.74) is 0. The molecule has 0 saturated heterocycles. The van der Waals surface area contributed by atoms with E-state index in [-0.39, 0.29) is 0 Å². The largest absolute Gasteiger partial charge is 0.313 e. The van der Waals surface area contributed by atoms with Crippen LogP contribution >= 0.6 is 0 Å². The van der Waals surface area contributed by atoms with Gasteiger partial charge in [0, 0.05) is 12.1 Å². The van der Waals surface area contributed by atoms with E-state index in [4.69, 9.17) is 0 Å². The fourth-order valence-electron chi connectivity index (χ4n) is 1.52. The van der Waals surface area contributed by atoms with Crippen LogP contribution < -0.4 is 10.6 Å². The van der Waals surface area contributed by atoms with Crippen molar-refractivity contribution in [3.8, 4) is 0 Å². The van der Waals surface area contributed by atoms with Crippen LogP contribution in [0.4, 0.5) is 0 Å². The second kappa shape index (κ2) is 8.52. The standard InChI is InChI=1S/C11H26N2/c1-5-8-12-10(4)11(7-3)13-9-6-2/h10-13H,5-9H2,1-4H3. The molecule has 0 aromatic carbocycles. The van der Waals surface area contributed by atoms with Gasteiger partial charge in [0.1, 0.15) is 0 Å². The number of nitrogens with one attached hydrogen (secondary N) is 2. The van der Waals surface area contributed by atoms with Crippen molar-refractivity contribution in [2.75, 3.05) is 13.1 Å². The van der Waals surface area contributed by atoms with Crippen molar-refractivity contribution in [1.29, 1.82) is 0 Å². The predicted octanol–water partition coefficient (Wildman–Crippen LogP) is 2.15. The van der Waals surface area contributed by atoms with Gasteiger partial charge >= 0.3 is 0 Å². The second-order valence-electron chi connectivity index (χ2n) is 3.71. The maximum Gasteiger partial charge on any atom is 0.0215 e. The molecule has 13 heavy (non-hydrogen) atoms. The summed E-state index contributed by atoms with van der Waals surface area (Å²) in [5.74, 6) is 0. The normalized spacial score (nSPS) is 15.7. The van der Waals surface area contributed by atoms with Gasteiger partial charge in [-0.3, -0.25) is 0 Å². The van der Waals surface area contributed by atoms with Crippen molar-refractivity contribution in [3.63, 3.8) is 0 Å². The van der Waals surface area contributed by atoms with E-state index in [1.54, 1.807) is 0 Å². The fraction of sp³-hybridized carbons (Fsp3) is 1.00. The molecular formula is C11H26N2. The van der Waals surface area contributed by atoms with Crippen molar-refractivity contribution in [2.45, 2.75) is 59.0 Å². The highest BCUT2D eigenvalue weighted by Gasteiger charge is 2.12. The SMILES string of the molecule is CCCNC(C)C(CC)NCCC. The van der Waals surface area contributed by atoms with Crippen molar-refractivity contribution < 1.29 is 0 Å². The van der Waals surface area contributed by atoms with Crippen LogP contribution in [0.15, 0.2) is 0 Å². The number of hydrogen-bond donors (Lipinski definition) is 2. The van der Waals surface area contributed by atoms with Crippen LogP contribution in [0, 0.1) is 0 Å². The molecule has 80 valence electrons. The molecule has 0 spiro atoms. The van der Waals surface area contributed by atoms with E-state index >= 15 is 0 Å². The molecule has 2 heteroatoms. The summed E-state index contributed by atoms with van der Waals surface area (Å²) in [6.07, 6.45) is 3.64. The maximum atomic E-state index is 3.57. The molecule has 0 fully saturated rings. The lowest BCUT2D eigenvalue weighted by Crippen LogP contribution is -2.46. The summed E-state index contributed by atoms with van der Waals surface area (Å²) < 4.78 is 0. The van der Waals surface area contributed by atoms with Crippen molar-refractivity contribution in [2.24, 2.45) is 0 Å². The third-order valence-corrected chi connectivity index (χ3v) is 2.42. The van der Waals surface area contributed by atoms with E-state index in [1.807, 2.05) is 0 Å². The Morgan fingerprint density at radius 2 is 1.46 bits per heavy atom. The van der Waals surface area contributed by atoms with Crippen molar-refractivity contribution in [3.05, 3.63) is 0 Å². The molecule has 0 aliphatic heterocycles. The van der Waals surface area contributed by atoms with Gasteiger partial charge in [0.05, 0.1) is 0 Å². The highest BCUT2D eigenvalue weighted by Crippen LogP contribution is 1.98. The Kier molecular flexibility index (Phi) is 8.46. The highest BCUT2D eigenvalue weighted by molar-refractivity contribution is 4.76. The lowest BCUT2D eigenvalue weighted by molar-refractivity contribution is 0.379. The topological polar surface area (TPSA) is 24.1 Å². The van der Waals surface area contributed by atoms with Crippen LogP contribution in [-0.4, -0.2) is 25.2 Å². The van der Waals surface area contributed by atoms with Crippen LogP contribution in [0.5, 0.6) is 0 Å². The van der Waals surface area contributed by atoms with Gasteiger partial charge in [-0.1, -0.05) is 20.8 Å². The molecule has 0 aromatic rings. The van der Waals surface area contributed by atoms with Crippen molar-refractivity contribution >= 4 is 0 Å². The van der Waals surface area contributed by atoms with Crippen LogP contribution in [0.3, 0.4) is 0 Å². The molecular weight excluding hydrogens is 160 g/mol. The smallest absolute Gasteiger partial charge is 0.0215 e. The van der Waals surface area contributed by atoms with Gasteiger partial charge in [0.15, 0.2) is 0 Å². The molecule has 0 heterocycles. The van der Waals surface area contributed by atoms with Gasteiger partial charge in [-0.05, 0) is 39.3 Å². The molecule has 0 aliphatic rings. The van der Waals surface area contributed by atoms with Gasteiger partial charge in [-0.15, -0.1) is 0 Å². The first-order valence-corrected chi connectivity index (χ1v) is 5.72. The molecule has 0 aliphatic carbocycles. The summed E-state index contributed by atoms with van der Waals surface area (Å²) in [7, 11) is 0. The Bertz CT molecular complexity index is 104. The Labute approximate surface area is 83.5 Å². The number of hydrogen-bond acceptors (Lipinski definition) is 2. The van der Waals surface area contributed by atoms with E-state index in [0.717, 1.165) is 13.1 Å². The molecule has 2 nitrogen and oxygen atoms in total. The van der Waals surface area contributed by atoms with Gasteiger partial charge in [0.2, 0.25) is 0 Å². The minimum absolute atomic E-state index is 0.594. The zero-order valence-corrected chi connectivity index (χ0v) is 9.69. The Morgan fingerprint density at radius 3 is 1.92 bits per heavy atom. The third-order valence-electron chi connectivity index (χ3n) is 2.42. The van der Waals surface area contributed by atoms with E-state index in [9.17, 15) is 0 Å². The Hall–Kier alpha value is -0.0800. The average Bonchev–Trinajstić information content (AvgIpc) is 2.16. The lowest BCUT2D eigenvalue weighted by Gasteiger charge is -2.24. The summed E-state index contributed by atoms with van der Waals surface area (Å²) >= 11 is 0. The molecule has 0 amide bonds. The molecule has 2 unspecified atom stereocenters. The molecule has 2 N–H and O–H groups in total. The van der Waals surface area contributed by atoms with Crippen molar-refractivity contribution in [1.82, 2.24) is 10.6 Å². The Balaban J connectivity index is 3.63. The monoisotopic (exact) mass is 186 g/mol. The van der Waals surface area contributed by atoms with Crippen LogP contribution in [0.1, 0.15) is 47.0 Å². The van der Waals surface area contributed by atoms with E-state index in [2.05, 4.69) is 38.3 Å². The first kappa shape index (κ1) is 12.9. The quantitative estimate of drug-likeness (QED) is 0.607. The first-order chi connectivity index (χ1) is 6.26. The average molecular weight is 186 g/mol. The summed E-state index contributed by atoms with van der Waals surface area (Å²) in [5, 5.41) is 7.09. The molecule has 0 radical (unpaired) electrons. The molecule has 0 aromatic heterocycles. The second-order valence-corrected chi connectivity index (χ2v) is 3.71. The molecule has 2 atom stereocenters. The summed E-state index contributed by atoms with van der Waals surface area (Å²) in [4.78, 5) is 0. The minimum atomic E-state index is 0.594. The van der Waals surface area contributed by atoms with Gasteiger partial charge < -0.3 is 10.6 Å². The Morgan fingerprint density at radius 1 is 0.923 bits per heavy atom. The zero-order valence-electron chi connectivity index (χ0n) is 9.69. The maximum absolute atomic E-state index is 3.57. The van der Waals surface area contributed by atoms with E-state index in [0.29, 0.717) is 12.1 Å². The van der Waals surface area contributed by atoms with Gasteiger partial charge in [-0.2, -0.15) is 0 Å². The minimum Gasteiger partial charge on any atom is -0.313 e. The van der Waals surface area contributed by atoms with E-state index < -0.39 is 0 Å². The van der Waals surface area contributed by atoms with Crippen LogP contribution in [-0.2, 0) is 0 Å². The van der Waals surface area contributed by atoms with Crippen LogP contribution in [0.25, 0.3) is 0 Å². The molecule has 0 bridgehead atoms. The third kappa shape index (κ3) is 6.05. The van der Waals surface area contributed by atoms with Crippen LogP contribution in [0.2, 0.25) is 0 Å². The number of rotatable bonds is 8. The fourth-order valence-corrected chi connectivity index (χ4v) is 1.52. The highest BCUT2D eigenvalue weighted by atomic mass is 15.0. The summed E-state index contributed by atoms with van der Waals surface area (Å²) in [6, 6.07) is 1.22. The van der Waals surface area contributed by atoms with Gasteiger partial charge in [-0.25, -0.2) is 0 Å². The predicted molar refractivity (Wildman–Crippen MR) is 60.1 cm³/mol. The summed E-state index contributed by atoms with van der Waals surface area (Å²) in [6.45, 7) is 11.2. The molecule has 0 saturated carbocycles. The van der Waals surface area contributed by atoms with Gasteiger partial charge in [0.25, 0.3) is 0 Å². The first-order valence-electron chi connectivity index (χ1n) is 5.72. The zero-order chi connectivity index (χ0) is 10.1. The molecule has 0 rings (SSSR count). The van der Waals surface area contributed by atoms with E-state index in [1.165, 1.54) is 19.3 Å².